The van der Waals surface area contributed by atoms with Gasteiger partial charge in [0.1, 0.15) is 10.6 Å². The standard InChI is InChI=1S/C26H28N2O4S/c1-32-24-15-12-22(18-25(24)33(30,31)27-23-13-14-23)26(29)28(19-21-10-6-3-7-11-21)17-16-20-8-4-2-5-9-20/h2-12,15,18,23,27H,13-14,16-17,19H2,1H3. The molecular weight excluding hydrogens is 436 g/mol. The number of carbonyl (C=O) groups is 1. The number of hydrogen-bond acceptors (Lipinski definition) is 4. The molecule has 1 N–H and O–H groups in total. The van der Waals surface area contributed by atoms with Gasteiger partial charge in [-0.25, -0.2) is 13.1 Å². The molecule has 3 aromatic rings. The summed E-state index contributed by atoms with van der Waals surface area (Å²) < 4.78 is 33.7. The van der Waals surface area contributed by atoms with E-state index < -0.39 is 10.0 Å². The first-order valence-electron chi connectivity index (χ1n) is 11.0. The molecule has 0 aliphatic heterocycles. The quantitative estimate of drug-likeness (QED) is 0.492. The number of hydrogen-bond donors (Lipinski definition) is 1. The van der Waals surface area contributed by atoms with Crippen molar-refractivity contribution < 1.29 is 17.9 Å². The first-order chi connectivity index (χ1) is 16.0. The molecular formula is C26H28N2O4S. The highest BCUT2D eigenvalue weighted by Gasteiger charge is 2.30. The summed E-state index contributed by atoms with van der Waals surface area (Å²) in [5.74, 6) is -0.00101. The van der Waals surface area contributed by atoms with Crippen LogP contribution in [0.1, 0.15) is 34.3 Å². The van der Waals surface area contributed by atoms with Gasteiger partial charge >= 0.3 is 0 Å². The smallest absolute Gasteiger partial charge is 0.254 e. The van der Waals surface area contributed by atoms with E-state index in [4.69, 9.17) is 4.74 Å². The van der Waals surface area contributed by atoms with Crippen molar-refractivity contribution in [3.05, 3.63) is 95.6 Å². The molecule has 1 aliphatic carbocycles. The van der Waals surface area contributed by atoms with E-state index >= 15 is 0 Å². The lowest BCUT2D eigenvalue weighted by Gasteiger charge is -2.24. The second-order valence-corrected chi connectivity index (χ2v) is 9.89. The number of amides is 1. The Morgan fingerprint density at radius 1 is 0.970 bits per heavy atom. The number of rotatable bonds is 10. The number of methoxy groups -OCH3 is 1. The van der Waals surface area contributed by atoms with Gasteiger partial charge < -0.3 is 9.64 Å². The van der Waals surface area contributed by atoms with Crippen molar-refractivity contribution in [2.45, 2.75) is 36.7 Å². The lowest BCUT2D eigenvalue weighted by Crippen LogP contribution is -2.33. The molecule has 0 atom stereocenters. The molecule has 1 fully saturated rings. The average molecular weight is 465 g/mol. The first-order valence-corrected chi connectivity index (χ1v) is 12.5. The van der Waals surface area contributed by atoms with E-state index in [0.29, 0.717) is 25.1 Å². The van der Waals surface area contributed by atoms with Gasteiger partial charge in [-0.3, -0.25) is 4.79 Å². The molecule has 1 amide bonds. The van der Waals surface area contributed by atoms with E-state index in [2.05, 4.69) is 4.72 Å². The van der Waals surface area contributed by atoms with Crippen molar-refractivity contribution in [2.24, 2.45) is 0 Å². The molecule has 33 heavy (non-hydrogen) atoms. The zero-order valence-corrected chi connectivity index (χ0v) is 19.4. The summed E-state index contributed by atoms with van der Waals surface area (Å²) >= 11 is 0. The Bertz CT molecular complexity index is 1190. The Kier molecular flexibility index (Phi) is 7.11. The maximum atomic E-state index is 13.6. The van der Waals surface area contributed by atoms with Gasteiger partial charge in [0, 0.05) is 24.7 Å². The Morgan fingerprint density at radius 2 is 1.61 bits per heavy atom. The zero-order valence-electron chi connectivity index (χ0n) is 18.6. The molecule has 7 heteroatoms. The minimum absolute atomic E-state index is 0.00882. The highest BCUT2D eigenvalue weighted by Crippen LogP contribution is 2.29. The lowest BCUT2D eigenvalue weighted by atomic mass is 10.1. The molecule has 3 aromatic carbocycles. The van der Waals surface area contributed by atoms with Gasteiger partial charge in [0.05, 0.1) is 7.11 Å². The minimum atomic E-state index is -3.78. The number of carbonyl (C=O) groups excluding carboxylic acids is 1. The molecule has 0 spiro atoms. The molecule has 172 valence electrons. The van der Waals surface area contributed by atoms with Crippen LogP contribution >= 0.6 is 0 Å². The molecule has 0 radical (unpaired) electrons. The van der Waals surface area contributed by atoms with Crippen LogP contribution in [-0.4, -0.2) is 38.9 Å². The molecule has 0 saturated heterocycles. The molecule has 0 unspecified atom stereocenters. The van der Waals surface area contributed by atoms with Crippen LogP contribution < -0.4 is 9.46 Å². The molecule has 1 saturated carbocycles. The monoisotopic (exact) mass is 464 g/mol. The predicted octanol–water partition coefficient (Wildman–Crippen LogP) is 4.02. The topological polar surface area (TPSA) is 75.7 Å². The van der Waals surface area contributed by atoms with Crippen LogP contribution in [-0.2, 0) is 23.0 Å². The molecule has 0 heterocycles. The van der Waals surface area contributed by atoms with Gasteiger partial charge in [-0.2, -0.15) is 0 Å². The predicted molar refractivity (Wildman–Crippen MR) is 128 cm³/mol. The maximum absolute atomic E-state index is 13.6. The van der Waals surface area contributed by atoms with Crippen LogP contribution in [0.3, 0.4) is 0 Å². The van der Waals surface area contributed by atoms with Gasteiger partial charge in [-0.15, -0.1) is 0 Å². The van der Waals surface area contributed by atoms with Crippen molar-refractivity contribution in [2.75, 3.05) is 13.7 Å². The second-order valence-electron chi connectivity index (χ2n) is 8.21. The number of ether oxygens (including phenoxy) is 1. The molecule has 4 rings (SSSR count). The largest absolute Gasteiger partial charge is 0.495 e. The van der Waals surface area contributed by atoms with Crippen LogP contribution in [0.2, 0.25) is 0 Å². The third-order valence-electron chi connectivity index (χ3n) is 5.62. The fourth-order valence-electron chi connectivity index (χ4n) is 3.65. The zero-order chi connectivity index (χ0) is 23.3. The minimum Gasteiger partial charge on any atom is -0.495 e. The van der Waals surface area contributed by atoms with E-state index in [0.717, 1.165) is 24.0 Å². The van der Waals surface area contributed by atoms with Crippen LogP contribution in [0.4, 0.5) is 0 Å². The van der Waals surface area contributed by atoms with E-state index in [1.54, 1.807) is 17.0 Å². The Labute approximate surface area is 195 Å². The Hall–Kier alpha value is -3.16. The summed E-state index contributed by atoms with van der Waals surface area (Å²) in [6, 6.07) is 24.3. The fraction of sp³-hybridized carbons (Fsp3) is 0.269. The van der Waals surface area contributed by atoms with Crippen molar-refractivity contribution >= 4 is 15.9 Å². The fourth-order valence-corrected chi connectivity index (χ4v) is 5.15. The summed E-state index contributed by atoms with van der Waals surface area (Å²) in [5, 5.41) is 0. The molecule has 6 nitrogen and oxygen atoms in total. The van der Waals surface area contributed by atoms with Gasteiger partial charge in [-0.05, 0) is 48.6 Å². The molecule has 0 aromatic heterocycles. The van der Waals surface area contributed by atoms with Crippen LogP contribution in [0.25, 0.3) is 0 Å². The number of sulfonamides is 1. The van der Waals surface area contributed by atoms with E-state index in [1.165, 1.54) is 13.2 Å². The summed E-state index contributed by atoms with van der Waals surface area (Å²) in [5.41, 5.74) is 2.46. The van der Waals surface area contributed by atoms with E-state index in [9.17, 15) is 13.2 Å². The van der Waals surface area contributed by atoms with Gasteiger partial charge in [0.25, 0.3) is 5.91 Å². The van der Waals surface area contributed by atoms with Gasteiger partial charge in [0.15, 0.2) is 0 Å². The maximum Gasteiger partial charge on any atom is 0.254 e. The van der Waals surface area contributed by atoms with Crippen LogP contribution in [0.15, 0.2) is 83.8 Å². The number of nitrogens with zero attached hydrogens (tertiary/aromatic N) is 1. The van der Waals surface area contributed by atoms with Crippen LogP contribution in [0, 0.1) is 0 Å². The second kappa shape index (κ2) is 10.2. The van der Waals surface area contributed by atoms with E-state index in [1.807, 2.05) is 60.7 Å². The SMILES string of the molecule is COc1ccc(C(=O)N(CCc2ccccc2)Cc2ccccc2)cc1S(=O)(=O)NC1CC1. The number of nitrogens with one attached hydrogen (secondary N) is 1. The van der Waals surface area contributed by atoms with Crippen molar-refractivity contribution in [1.29, 1.82) is 0 Å². The third-order valence-corrected chi connectivity index (χ3v) is 7.16. The summed E-state index contributed by atoms with van der Waals surface area (Å²) in [4.78, 5) is 15.3. The normalized spacial score (nSPS) is 13.5. The highest BCUT2D eigenvalue weighted by molar-refractivity contribution is 7.89. The van der Waals surface area contributed by atoms with Crippen molar-refractivity contribution in [3.63, 3.8) is 0 Å². The highest BCUT2D eigenvalue weighted by atomic mass is 32.2. The van der Waals surface area contributed by atoms with E-state index in [-0.39, 0.29) is 22.6 Å². The van der Waals surface area contributed by atoms with Crippen LogP contribution in [0.5, 0.6) is 5.75 Å². The Morgan fingerprint density at radius 3 is 2.21 bits per heavy atom. The summed E-state index contributed by atoms with van der Waals surface area (Å²) in [6.45, 7) is 0.938. The third kappa shape index (κ3) is 6.00. The molecule has 1 aliphatic rings. The van der Waals surface area contributed by atoms with Crippen molar-refractivity contribution in [1.82, 2.24) is 9.62 Å². The first kappa shape index (κ1) is 23.0. The molecule has 0 bridgehead atoms. The van der Waals surface area contributed by atoms with Gasteiger partial charge in [-0.1, -0.05) is 60.7 Å². The summed E-state index contributed by atoms with van der Waals surface area (Å²) in [7, 11) is -2.36. The summed E-state index contributed by atoms with van der Waals surface area (Å²) in [6.07, 6.45) is 2.35. The van der Waals surface area contributed by atoms with Crippen molar-refractivity contribution in [3.8, 4) is 5.75 Å². The Balaban J connectivity index is 1.62. The average Bonchev–Trinajstić information content (AvgIpc) is 3.65. The lowest BCUT2D eigenvalue weighted by molar-refractivity contribution is 0.0745. The number of benzene rings is 3. The van der Waals surface area contributed by atoms with Gasteiger partial charge in [0.2, 0.25) is 10.0 Å².